The lowest BCUT2D eigenvalue weighted by atomic mass is 9.83. The molecule has 1 unspecified atom stereocenters. The fourth-order valence-electron chi connectivity index (χ4n) is 1.66. The van der Waals surface area contributed by atoms with E-state index < -0.39 is 0 Å². The molecule has 0 amide bonds. The van der Waals surface area contributed by atoms with E-state index in [0.717, 1.165) is 16.6 Å². The van der Waals surface area contributed by atoms with E-state index in [0.29, 0.717) is 18.0 Å². The largest absolute Gasteiger partial charge is 0.490 e. The molecule has 4 heteroatoms. The Labute approximate surface area is 133 Å². The van der Waals surface area contributed by atoms with Crippen LogP contribution in [0, 0.1) is 5.41 Å². The van der Waals surface area contributed by atoms with Crippen molar-refractivity contribution in [3.8, 4) is 5.75 Å². The van der Waals surface area contributed by atoms with Gasteiger partial charge in [-0.2, -0.15) is 0 Å². The lowest BCUT2D eigenvalue weighted by molar-refractivity contribution is 0.146. The van der Waals surface area contributed by atoms with Crippen LogP contribution in [-0.2, 0) is 4.74 Å². The second-order valence-electron chi connectivity index (χ2n) is 5.24. The summed E-state index contributed by atoms with van der Waals surface area (Å²) in [6.07, 6.45) is 1.12. The van der Waals surface area contributed by atoms with Crippen molar-refractivity contribution in [3.63, 3.8) is 0 Å². The molecule has 0 saturated heterocycles. The molecule has 0 aliphatic carbocycles. The minimum absolute atomic E-state index is 0.220. The molecule has 108 valence electrons. The van der Waals surface area contributed by atoms with Crippen molar-refractivity contribution in [2.24, 2.45) is 5.41 Å². The molecule has 0 N–H and O–H groups in total. The average Bonchev–Trinajstić information content (AvgIpc) is 2.40. The Morgan fingerprint density at radius 1 is 1.26 bits per heavy atom. The van der Waals surface area contributed by atoms with Gasteiger partial charge in [0.25, 0.3) is 0 Å². The second kappa shape index (κ2) is 7.65. The smallest absolute Gasteiger partial charge is 0.133 e. The van der Waals surface area contributed by atoms with Gasteiger partial charge in [-0.25, -0.2) is 0 Å². The third kappa shape index (κ3) is 4.76. The van der Waals surface area contributed by atoms with E-state index >= 15 is 0 Å². The van der Waals surface area contributed by atoms with E-state index in [1.807, 2.05) is 6.07 Å². The van der Waals surface area contributed by atoms with Gasteiger partial charge in [0.05, 0.1) is 11.1 Å². The summed E-state index contributed by atoms with van der Waals surface area (Å²) in [5.41, 5.74) is 1.48. The zero-order valence-corrected chi connectivity index (χ0v) is 15.2. The lowest BCUT2D eigenvalue weighted by Gasteiger charge is -2.29. The van der Waals surface area contributed by atoms with E-state index in [2.05, 4.69) is 64.8 Å². The van der Waals surface area contributed by atoms with Gasteiger partial charge in [0, 0.05) is 11.9 Å². The predicted molar refractivity (Wildman–Crippen MR) is 87.3 cm³/mol. The maximum Gasteiger partial charge on any atom is 0.133 e. The van der Waals surface area contributed by atoms with Gasteiger partial charge in [0.2, 0.25) is 0 Å². The molecular weight excluding hydrogens is 372 g/mol. The topological polar surface area (TPSA) is 18.5 Å². The van der Waals surface area contributed by atoms with Crippen molar-refractivity contribution in [2.75, 3.05) is 20.3 Å². The van der Waals surface area contributed by atoms with Crippen LogP contribution in [0.1, 0.15) is 37.6 Å². The van der Waals surface area contributed by atoms with Crippen LogP contribution in [0.4, 0.5) is 0 Å². The molecule has 0 aliphatic heterocycles. The Morgan fingerprint density at radius 3 is 2.47 bits per heavy atom. The second-order valence-corrected chi connectivity index (χ2v) is 7.01. The van der Waals surface area contributed by atoms with Crippen LogP contribution >= 0.6 is 31.9 Å². The van der Waals surface area contributed by atoms with Crippen molar-refractivity contribution in [2.45, 2.75) is 32.0 Å². The van der Waals surface area contributed by atoms with Gasteiger partial charge in [-0.3, -0.25) is 0 Å². The minimum Gasteiger partial charge on any atom is -0.490 e. The molecule has 0 aliphatic rings. The number of benzene rings is 1. The van der Waals surface area contributed by atoms with Crippen molar-refractivity contribution in [1.29, 1.82) is 0 Å². The van der Waals surface area contributed by atoms with Crippen LogP contribution in [0.25, 0.3) is 0 Å². The molecule has 0 saturated carbocycles. The van der Waals surface area contributed by atoms with E-state index in [1.54, 1.807) is 7.11 Å². The van der Waals surface area contributed by atoms with Crippen molar-refractivity contribution < 1.29 is 9.47 Å². The Bertz CT molecular complexity index is 405. The maximum atomic E-state index is 5.64. The molecule has 0 heterocycles. The van der Waals surface area contributed by atoms with Crippen molar-refractivity contribution >= 4 is 31.9 Å². The minimum atomic E-state index is 0.220. The molecule has 0 bridgehead atoms. The van der Waals surface area contributed by atoms with Gasteiger partial charge in [-0.15, -0.1) is 0 Å². The first-order valence-corrected chi connectivity index (χ1v) is 8.18. The van der Waals surface area contributed by atoms with Gasteiger partial charge in [-0.05, 0) is 45.5 Å². The third-order valence-electron chi connectivity index (χ3n) is 3.39. The molecule has 0 radical (unpaired) electrons. The standard InChI is InChI=1S/C15H22Br2O2/c1-5-15(2,3)14(17)11-6-7-13(12(16)10-11)19-9-8-18-4/h6-7,10,14H,5,8-9H2,1-4H3. The monoisotopic (exact) mass is 392 g/mol. The number of hydrogen-bond donors (Lipinski definition) is 0. The highest BCUT2D eigenvalue weighted by molar-refractivity contribution is 9.10. The van der Waals surface area contributed by atoms with Gasteiger partial charge >= 0.3 is 0 Å². The van der Waals surface area contributed by atoms with Gasteiger partial charge in [0.1, 0.15) is 12.4 Å². The molecule has 0 spiro atoms. The van der Waals surface area contributed by atoms with Gasteiger partial charge < -0.3 is 9.47 Å². The van der Waals surface area contributed by atoms with Crippen LogP contribution in [-0.4, -0.2) is 20.3 Å². The van der Waals surface area contributed by atoms with Crippen LogP contribution in [0.5, 0.6) is 5.75 Å². The van der Waals surface area contributed by atoms with E-state index in [-0.39, 0.29) is 5.41 Å². The summed E-state index contributed by atoms with van der Waals surface area (Å²) in [7, 11) is 1.67. The highest BCUT2D eigenvalue weighted by Gasteiger charge is 2.27. The summed E-state index contributed by atoms with van der Waals surface area (Å²) in [5.74, 6) is 0.856. The van der Waals surface area contributed by atoms with Crippen LogP contribution < -0.4 is 4.74 Å². The Hall–Kier alpha value is -0.0600. The predicted octanol–water partition coefficient (Wildman–Crippen LogP) is 5.35. The maximum absolute atomic E-state index is 5.64. The number of alkyl halides is 1. The number of methoxy groups -OCH3 is 1. The first kappa shape index (κ1) is 17.0. The van der Waals surface area contributed by atoms with E-state index in [1.165, 1.54) is 5.56 Å². The molecule has 0 fully saturated rings. The molecule has 1 rings (SSSR count). The zero-order chi connectivity index (χ0) is 14.5. The van der Waals surface area contributed by atoms with Crippen LogP contribution in [0.2, 0.25) is 0 Å². The first-order valence-electron chi connectivity index (χ1n) is 6.47. The summed E-state index contributed by atoms with van der Waals surface area (Å²) in [5, 5.41) is 0. The normalized spacial score (nSPS) is 13.4. The highest BCUT2D eigenvalue weighted by Crippen LogP contribution is 2.44. The number of halogens is 2. The Morgan fingerprint density at radius 2 is 1.95 bits per heavy atom. The third-order valence-corrected chi connectivity index (χ3v) is 5.78. The first-order chi connectivity index (χ1) is 8.92. The fourth-order valence-corrected chi connectivity index (χ4v) is 2.78. The van der Waals surface area contributed by atoms with E-state index in [4.69, 9.17) is 9.47 Å². The fraction of sp³-hybridized carbons (Fsp3) is 0.600. The summed E-state index contributed by atoms with van der Waals surface area (Å²) in [6, 6.07) is 6.25. The number of rotatable bonds is 7. The number of hydrogen-bond acceptors (Lipinski definition) is 2. The summed E-state index contributed by atoms with van der Waals surface area (Å²) < 4.78 is 11.6. The van der Waals surface area contributed by atoms with E-state index in [9.17, 15) is 0 Å². The Balaban J connectivity index is 2.81. The molecule has 0 aromatic heterocycles. The van der Waals surface area contributed by atoms with Crippen molar-refractivity contribution in [3.05, 3.63) is 28.2 Å². The van der Waals surface area contributed by atoms with Crippen LogP contribution in [0.3, 0.4) is 0 Å². The molecule has 1 aromatic carbocycles. The molecule has 1 aromatic rings. The molecule has 2 nitrogen and oxygen atoms in total. The average molecular weight is 394 g/mol. The summed E-state index contributed by atoms with van der Waals surface area (Å²) in [4.78, 5) is 0.328. The van der Waals surface area contributed by atoms with Gasteiger partial charge in [-0.1, -0.05) is 42.8 Å². The molecule has 19 heavy (non-hydrogen) atoms. The lowest BCUT2D eigenvalue weighted by Crippen LogP contribution is -2.16. The molecular formula is C15H22Br2O2. The van der Waals surface area contributed by atoms with Gasteiger partial charge in [0.15, 0.2) is 0 Å². The highest BCUT2D eigenvalue weighted by atomic mass is 79.9. The zero-order valence-electron chi connectivity index (χ0n) is 12.0. The molecule has 1 atom stereocenters. The summed E-state index contributed by atoms with van der Waals surface area (Å²) >= 11 is 7.38. The quantitative estimate of drug-likeness (QED) is 0.459. The van der Waals surface area contributed by atoms with Crippen LogP contribution in [0.15, 0.2) is 22.7 Å². The van der Waals surface area contributed by atoms with Crippen molar-refractivity contribution in [1.82, 2.24) is 0 Å². The summed E-state index contributed by atoms with van der Waals surface area (Å²) in [6.45, 7) is 7.91. The SMILES string of the molecule is CCC(C)(C)C(Br)c1ccc(OCCOC)c(Br)c1. The number of ether oxygens (including phenoxy) is 2. The Kier molecular flexibility index (Phi) is 6.84.